The van der Waals surface area contributed by atoms with Gasteiger partial charge in [0.2, 0.25) is 0 Å². The maximum Gasteiger partial charge on any atom is 0.323 e. The standard InChI is InChI=1S/C8H13N3O3/c1-5(12)6(10-11-9)7(13)14-8(2,3)4/h6H,1-4H3. The topological polar surface area (TPSA) is 92.1 Å². The largest absolute Gasteiger partial charge is 0.459 e. The van der Waals surface area contributed by atoms with E-state index in [1.807, 2.05) is 0 Å². The van der Waals surface area contributed by atoms with Gasteiger partial charge in [0.1, 0.15) is 11.4 Å². The van der Waals surface area contributed by atoms with Crippen LogP contribution in [0, 0.1) is 0 Å². The Labute approximate surface area is 81.9 Å². The van der Waals surface area contributed by atoms with Crippen LogP contribution in [0.5, 0.6) is 0 Å². The first kappa shape index (κ1) is 12.4. The molecular formula is C8H13N3O3. The van der Waals surface area contributed by atoms with E-state index >= 15 is 0 Å². The molecule has 6 nitrogen and oxygen atoms in total. The minimum Gasteiger partial charge on any atom is -0.459 e. The van der Waals surface area contributed by atoms with Crippen molar-refractivity contribution in [3.63, 3.8) is 0 Å². The van der Waals surface area contributed by atoms with E-state index in [2.05, 4.69) is 10.0 Å². The highest BCUT2D eigenvalue weighted by Crippen LogP contribution is 2.10. The number of carbonyl (C=O) groups excluding carboxylic acids is 2. The third kappa shape index (κ3) is 4.47. The van der Waals surface area contributed by atoms with Gasteiger partial charge in [-0.25, -0.2) is 0 Å². The Morgan fingerprint density at radius 1 is 1.43 bits per heavy atom. The molecule has 0 saturated carbocycles. The molecule has 1 atom stereocenters. The van der Waals surface area contributed by atoms with E-state index in [1.54, 1.807) is 20.8 Å². The molecule has 0 spiro atoms. The molecule has 0 N–H and O–H groups in total. The quantitative estimate of drug-likeness (QED) is 0.227. The molecule has 0 aliphatic rings. The van der Waals surface area contributed by atoms with Gasteiger partial charge in [0.25, 0.3) is 0 Å². The lowest BCUT2D eigenvalue weighted by Crippen LogP contribution is -2.34. The predicted molar refractivity (Wildman–Crippen MR) is 49.5 cm³/mol. The highest BCUT2D eigenvalue weighted by molar-refractivity contribution is 6.02. The molecule has 0 heterocycles. The van der Waals surface area contributed by atoms with E-state index in [-0.39, 0.29) is 0 Å². The molecule has 0 aromatic rings. The number of esters is 1. The van der Waals surface area contributed by atoms with Crippen molar-refractivity contribution in [3.8, 4) is 0 Å². The molecular weight excluding hydrogens is 186 g/mol. The number of carbonyl (C=O) groups is 2. The highest BCUT2D eigenvalue weighted by atomic mass is 16.6. The minimum atomic E-state index is -1.38. The van der Waals surface area contributed by atoms with Crippen LogP contribution in [0.15, 0.2) is 5.11 Å². The smallest absolute Gasteiger partial charge is 0.323 e. The van der Waals surface area contributed by atoms with Gasteiger partial charge in [-0.05, 0) is 33.2 Å². The van der Waals surface area contributed by atoms with Crippen LogP contribution in [-0.2, 0) is 14.3 Å². The molecule has 0 fully saturated rings. The molecule has 0 amide bonds. The van der Waals surface area contributed by atoms with E-state index in [0.717, 1.165) is 0 Å². The predicted octanol–water partition coefficient (Wildman–Crippen LogP) is 1.60. The van der Waals surface area contributed by atoms with Gasteiger partial charge in [0.15, 0.2) is 6.04 Å². The molecule has 0 aromatic heterocycles. The summed E-state index contributed by atoms with van der Waals surface area (Å²) in [5, 5.41) is 3.06. The Morgan fingerprint density at radius 2 is 1.93 bits per heavy atom. The van der Waals surface area contributed by atoms with Crippen LogP contribution in [0.4, 0.5) is 0 Å². The van der Waals surface area contributed by atoms with Gasteiger partial charge in [0, 0.05) is 4.91 Å². The molecule has 0 radical (unpaired) electrons. The molecule has 0 saturated heterocycles. The molecule has 1 unspecified atom stereocenters. The van der Waals surface area contributed by atoms with E-state index in [9.17, 15) is 9.59 Å². The van der Waals surface area contributed by atoms with Crippen molar-refractivity contribution in [2.45, 2.75) is 39.3 Å². The monoisotopic (exact) mass is 199 g/mol. The maximum absolute atomic E-state index is 11.3. The summed E-state index contributed by atoms with van der Waals surface area (Å²) in [5.41, 5.74) is 7.43. The van der Waals surface area contributed by atoms with Crippen LogP contribution in [-0.4, -0.2) is 23.4 Å². The lowest BCUT2D eigenvalue weighted by molar-refractivity contribution is -0.157. The summed E-state index contributed by atoms with van der Waals surface area (Å²) in [5.74, 6) is -1.35. The van der Waals surface area contributed by atoms with E-state index in [4.69, 9.17) is 10.3 Å². The summed E-state index contributed by atoms with van der Waals surface area (Å²) in [6.07, 6.45) is 0. The second kappa shape index (κ2) is 4.62. The third-order valence-corrected chi connectivity index (χ3v) is 1.18. The van der Waals surface area contributed by atoms with E-state index < -0.39 is 23.4 Å². The second-order valence-electron chi connectivity index (χ2n) is 3.75. The van der Waals surface area contributed by atoms with Crippen LogP contribution in [0.25, 0.3) is 10.4 Å². The van der Waals surface area contributed by atoms with Gasteiger partial charge in [-0.15, -0.1) is 0 Å². The zero-order valence-electron chi connectivity index (χ0n) is 8.64. The number of nitrogens with zero attached hydrogens (tertiary/aromatic N) is 3. The van der Waals surface area contributed by atoms with Crippen LogP contribution < -0.4 is 0 Å². The third-order valence-electron chi connectivity index (χ3n) is 1.18. The Kier molecular flexibility index (Phi) is 4.11. The van der Waals surface area contributed by atoms with Crippen molar-refractivity contribution in [2.24, 2.45) is 5.11 Å². The normalized spacial score (nSPS) is 12.6. The highest BCUT2D eigenvalue weighted by Gasteiger charge is 2.27. The van der Waals surface area contributed by atoms with Crippen LogP contribution >= 0.6 is 0 Å². The van der Waals surface area contributed by atoms with Gasteiger partial charge in [-0.3, -0.25) is 9.59 Å². The summed E-state index contributed by atoms with van der Waals surface area (Å²) in [4.78, 5) is 24.6. The summed E-state index contributed by atoms with van der Waals surface area (Å²) in [7, 11) is 0. The van der Waals surface area contributed by atoms with Crippen molar-refractivity contribution in [3.05, 3.63) is 10.4 Å². The van der Waals surface area contributed by atoms with Crippen molar-refractivity contribution in [1.82, 2.24) is 0 Å². The van der Waals surface area contributed by atoms with Crippen molar-refractivity contribution in [1.29, 1.82) is 0 Å². The fourth-order valence-corrected chi connectivity index (χ4v) is 0.704. The zero-order valence-corrected chi connectivity index (χ0v) is 8.64. The van der Waals surface area contributed by atoms with Gasteiger partial charge in [-0.1, -0.05) is 5.11 Å². The number of azide groups is 1. The van der Waals surface area contributed by atoms with Crippen LogP contribution in [0.3, 0.4) is 0 Å². The van der Waals surface area contributed by atoms with E-state index in [1.165, 1.54) is 6.92 Å². The first-order valence-corrected chi connectivity index (χ1v) is 4.05. The number of hydrogen-bond acceptors (Lipinski definition) is 4. The number of ketones is 1. The fourth-order valence-electron chi connectivity index (χ4n) is 0.704. The Bertz CT molecular complexity index is 285. The molecule has 0 aromatic carbocycles. The lowest BCUT2D eigenvalue weighted by Gasteiger charge is -2.20. The minimum absolute atomic E-state index is 0.531. The molecule has 0 rings (SSSR count). The Morgan fingerprint density at radius 3 is 2.21 bits per heavy atom. The van der Waals surface area contributed by atoms with Gasteiger partial charge in [0.05, 0.1) is 0 Å². The fraction of sp³-hybridized carbons (Fsp3) is 0.750. The van der Waals surface area contributed by atoms with E-state index in [0.29, 0.717) is 0 Å². The first-order valence-electron chi connectivity index (χ1n) is 4.05. The first-order chi connectivity index (χ1) is 6.28. The summed E-state index contributed by atoms with van der Waals surface area (Å²) < 4.78 is 4.89. The lowest BCUT2D eigenvalue weighted by atomic mass is 10.1. The zero-order chi connectivity index (χ0) is 11.4. The SMILES string of the molecule is CC(=O)C(N=[N+]=[N-])C(=O)OC(C)(C)C. The van der Waals surface area contributed by atoms with Gasteiger partial charge >= 0.3 is 5.97 Å². The second-order valence-corrected chi connectivity index (χ2v) is 3.75. The van der Waals surface area contributed by atoms with Gasteiger partial charge in [-0.2, -0.15) is 0 Å². The Balaban J connectivity index is 4.62. The Hall–Kier alpha value is -1.55. The molecule has 0 aliphatic heterocycles. The van der Waals surface area contributed by atoms with Gasteiger partial charge < -0.3 is 4.74 Å². The average Bonchev–Trinajstić information content (AvgIpc) is 1.95. The number of ether oxygens (including phenoxy) is 1. The number of hydrogen-bond donors (Lipinski definition) is 0. The number of Topliss-reactive ketones (excluding diaryl/α,β-unsaturated/α-hetero) is 1. The average molecular weight is 199 g/mol. The number of rotatable bonds is 3. The molecule has 0 bridgehead atoms. The summed E-state index contributed by atoms with van der Waals surface area (Å²) >= 11 is 0. The summed E-state index contributed by atoms with van der Waals surface area (Å²) in [6.45, 7) is 6.16. The molecule has 78 valence electrons. The van der Waals surface area contributed by atoms with Crippen LogP contribution in [0.1, 0.15) is 27.7 Å². The summed E-state index contributed by atoms with van der Waals surface area (Å²) in [6, 6.07) is -1.38. The van der Waals surface area contributed by atoms with Crippen molar-refractivity contribution >= 4 is 11.8 Å². The van der Waals surface area contributed by atoms with Crippen molar-refractivity contribution < 1.29 is 14.3 Å². The molecule has 0 aliphatic carbocycles. The molecule has 6 heteroatoms. The van der Waals surface area contributed by atoms with Crippen LogP contribution in [0.2, 0.25) is 0 Å². The molecule has 14 heavy (non-hydrogen) atoms. The van der Waals surface area contributed by atoms with Crippen molar-refractivity contribution in [2.75, 3.05) is 0 Å². The maximum atomic E-state index is 11.3.